The Hall–Kier alpha value is -1.26. The van der Waals surface area contributed by atoms with E-state index in [0.717, 1.165) is 25.0 Å². The number of hydrogen-bond donors (Lipinski definition) is 1. The molecule has 0 fully saturated rings. The van der Waals surface area contributed by atoms with E-state index in [1.165, 1.54) is 5.56 Å². The van der Waals surface area contributed by atoms with Crippen LogP contribution in [0.25, 0.3) is 0 Å². The van der Waals surface area contributed by atoms with Crippen LogP contribution in [-0.4, -0.2) is 30.5 Å². The Labute approximate surface area is 101 Å². The molecule has 1 aliphatic rings. The summed E-state index contributed by atoms with van der Waals surface area (Å²) in [4.78, 5) is 16.6. The summed E-state index contributed by atoms with van der Waals surface area (Å²) in [6, 6.07) is 3.42. The summed E-state index contributed by atoms with van der Waals surface area (Å²) in [5.41, 5.74) is 7.91. The number of carbonyl (C=O) groups is 1. The number of nitrogens with zero attached hydrogens (tertiary/aromatic N) is 1. The molecule has 0 bridgehead atoms. The van der Waals surface area contributed by atoms with Gasteiger partial charge < -0.3 is 10.5 Å². The molecule has 2 N–H and O–H groups in total. The summed E-state index contributed by atoms with van der Waals surface area (Å²) in [5, 5.41) is 0. The molecule has 0 saturated carbocycles. The zero-order valence-corrected chi connectivity index (χ0v) is 10.1. The van der Waals surface area contributed by atoms with Crippen LogP contribution in [-0.2, 0) is 16.0 Å². The van der Waals surface area contributed by atoms with Gasteiger partial charge in [0.2, 0.25) is 0 Å². The van der Waals surface area contributed by atoms with E-state index in [1.54, 1.807) is 13.3 Å². The molecule has 0 spiro atoms. The Morgan fingerprint density at radius 2 is 2.53 bits per heavy atom. The smallest absolute Gasteiger partial charge is 0.160 e. The first kappa shape index (κ1) is 12.2. The maximum absolute atomic E-state index is 12.2. The van der Waals surface area contributed by atoms with Crippen LogP contribution in [0.3, 0.4) is 0 Å². The van der Waals surface area contributed by atoms with Crippen molar-refractivity contribution in [2.24, 2.45) is 5.73 Å². The van der Waals surface area contributed by atoms with E-state index in [4.69, 9.17) is 10.5 Å². The fourth-order valence-corrected chi connectivity index (χ4v) is 2.41. The topological polar surface area (TPSA) is 65.2 Å². The van der Waals surface area contributed by atoms with Gasteiger partial charge in [0.1, 0.15) is 0 Å². The van der Waals surface area contributed by atoms with Crippen LogP contribution in [0.1, 0.15) is 30.0 Å². The number of nitrogens with two attached hydrogens (primary N) is 1. The molecule has 0 aliphatic heterocycles. The van der Waals surface area contributed by atoms with Crippen molar-refractivity contribution in [3.8, 4) is 0 Å². The summed E-state index contributed by atoms with van der Waals surface area (Å²) >= 11 is 0. The first-order valence-electron chi connectivity index (χ1n) is 5.96. The van der Waals surface area contributed by atoms with Gasteiger partial charge in [-0.2, -0.15) is 0 Å². The highest BCUT2D eigenvalue weighted by Gasteiger charge is 2.30. The van der Waals surface area contributed by atoms with Gasteiger partial charge in [0.25, 0.3) is 0 Å². The van der Waals surface area contributed by atoms with Crippen molar-refractivity contribution in [3.63, 3.8) is 0 Å². The van der Waals surface area contributed by atoms with Crippen LogP contribution >= 0.6 is 0 Å². The number of hydrogen-bond acceptors (Lipinski definition) is 4. The van der Waals surface area contributed by atoms with E-state index >= 15 is 0 Å². The molecule has 4 nitrogen and oxygen atoms in total. The molecule has 92 valence electrons. The number of carbonyl (C=O) groups excluding carboxylic acids is 1. The van der Waals surface area contributed by atoms with Gasteiger partial charge in [-0.25, -0.2) is 0 Å². The minimum Gasteiger partial charge on any atom is -0.383 e. The molecule has 1 heterocycles. The third-order valence-electron chi connectivity index (χ3n) is 3.25. The lowest BCUT2D eigenvalue weighted by Crippen LogP contribution is -2.39. The molecule has 0 aromatic carbocycles. The minimum absolute atomic E-state index is 0.0477. The van der Waals surface area contributed by atoms with Gasteiger partial charge in [-0.15, -0.1) is 0 Å². The van der Waals surface area contributed by atoms with Crippen LogP contribution in [0, 0.1) is 0 Å². The van der Waals surface area contributed by atoms with Crippen LogP contribution in [0.2, 0.25) is 0 Å². The van der Waals surface area contributed by atoms with Gasteiger partial charge in [-0.05, 0) is 30.9 Å². The highest BCUT2D eigenvalue weighted by molar-refractivity contribution is 5.90. The average molecular weight is 234 g/mol. The molecule has 1 aromatic rings. The van der Waals surface area contributed by atoms with E-state index in [1.807, 2.05) is 12.1 Å². The molecule has 1 aliphatic carbocycles. The summed E-state index contributed by atoms with van der Waals surface area (Å²) in [6.07, 6.45) is 4.62. The molecule has 2 atom stereocenters. The Kier molecular flexibility index (Phi) is 3.86. The third kappa shape index (κ3) is 2.53. The van der Waals surface area contributed by atoms with Crippen molar-refractivity contribution in [2.75, 3.05) is 13.7 Å². The van der Waals surface area contributed by atoms with Crippen molar-refractivity contribution in [1.29, 1.82) is 0 Å². The second-order valence-corrected chi connectivity index (χ2v) is 4.46. The molecule has 2 rings (SSSR count). The first-order chi connectivity index (χ1) is 8.24. The third-order valence-corrected chi connectivity index (χ3v) is 3.25. The summed E-state index contributed by atoms with van der Waals surface area (Å²) in [7, 11) is 1.56. The predicted octanol–water partition coefficient (Wildman–Crippen LogP) is 1.04. The van der Waals surface area contributed by atoms with Crippen molar-refractivity contribution < 1.29 is 9.53 Å². The molecule has 0 radical (unpaired) electrons. The fourth-order valence-electron chi connectivity index (χ4n) is 2.41. The molecule has 0 amide bonds. The molecule has 1 aromatic heterocycles. The molecule has 0 saturated heterocycles. The van der Waals surface area contributed by atoms with E-state index in [-0.39, 0.29) is 18.3 Å². The van der Waals surface area contributed by atoms with Gasteiger partial charge >= 0.3 is 0 Å². The molecule has 4 heteroatoms. The van der Waals surface area contributed by atoms with Crippen molar-refractivity contribution in [3.05, 3.63) is 29.6 Å². The largest absolute Gasteiger partial charge is 0.383 e. The van der Waals surface area contributed by atoms with Crippen LogP contribution in [0.15, 0.2) is 18.3 Å². The first-order valence-corrected chi connectivity index (χ1v) is 5.96. The second-order valence-electron chi connectivity index (χ2n) is 4.46. The van der Waals surface area contributed by atoms with Gasteiger partial charge in [0, 0.05) is 13.3 Å². The maximum Gasteiger partial charge on any atom is 0.160 e. The quantitative estimate of drug-likeness (QED) is 0.845. The number of aromatic nitrogens is 1. The summed E-state index contributed by atoms with van der Waals surface area (Å²) < 4.78 is 4.94. The summed E-state index contributed by atoms with van der Waals surface area (Å²) in [6.45, 7) is 0.275. The lowest BCUT2D eigenvalue weighted by Gasteiger charge is -2.25. The number of Topliss-reactive ketones (excluding diaryl/α,β-unsaturated/α-hetero) is 1. The second kappa shape index (κ2) is 5.38. The van der Waals surface area contributed by atoms with E-state index < -0.39 is 6.04 Å². The Morgan fingerprint density at radius 1 is 1.71 bits per heavy atom. The van der Waals surface area contributed by atoms with Gasteiger partial charge in [0.15, 0.2) is 5.78 Å². The summed E-state index contributed by atoms with van der Waals surface area (Å²) in [5.74, 6) is -0.100. The molecular weight excluding hydrogens is 216 g/mol. The van der Waals surface area contributed by atoms with Crippen molar-refractivity contribution in [1.82, 2.24) is 4.98 Å². The number of pyridine rings is 1. The maximum atomic E-state index is 12.2. The van der Waals surface area contributed by atoms with Gasteiger partial charge in [0.05, 0.1) is 24.3 Å². The number of aryl methyl sites for hydroxylation is 1. The van der Waals surface area contributed by atoms with E-state index in [9.17, 15) is 4.79 Å². The highest BCUT2D eigenvalue weighted by Crippen LogP contribution is 2.30. The normalized spacial score (nSPS) is 20.7. The monoisotopic (exact) mass is 234 g/mol. The highest BCUT2D eigenvalue weighted by atomic mass is 16.5. The number of fused-ring (bicyclic) bond motifs is 1. The van der Waals surface area contributed by atoms with Crippen LogP contribution < -0.4 is 5.73 Å². The average Bonchev–Trinajstić information content (AvgIpc) is 2.37. The van der Waals surface area contributed by atoms with Gasteiger partial charge in [-0.3, -0.25) is 9.78 Å². The number of rotatable bonds is 4. The predicted molar refractivity (Wildman–Crippen MR) is 64.8 cm³/mol. The van der Waals surface area contributed by atoms with Crippen molar-refractivity contribution in [2.45, 2.75) is 31.2 Å². The van der Waals surface area contributed by atoms with Crippen LogP contribution in [0.4, 0.5) is 0 Å². The Balaban J connectivity index is 2.20. The standard InChI is InChI=1S/C13H18N2O2/c1-17-8-11(14)13(16)10-6-2-4-9-5-3-7-15-12(9)10/h3,5,7,10-11H,2,4,6,8,14H2,1H3. The molecule has 17 heavy (non-hydrogen) atoms. The minimum atomic E-state index is -0.544. The lowest BCUT2D eigenvalue weighted by atomic mass is 9.82. The lowest BCUT2D eigenvalue weighted by molar-refractivity contribution is -0.123. The fraction of sp³-hybridized carbons (Fsp3) is 0.538. The van der Waals surface area contributed by atoms with E-state index in [0.29, 0.717) is 0 Å². The van der Waals surface area contributed by atoms with Crippen LogP contribution in [0.5, 0.6) is 0 Å². The molecular formula is C13H18N2O2. The van der Waals surface area contributed by atoms with Crippen molar-refractivity contribution >= 4 is 5.78 Å². The Bertz CT molecular complexity index is 406. The SMILES string of the molecule is COCC(N)C(=O)C1CCCc2cccnc21. The molecule has 2 unspecified atom stereocenters. The van der Waals surface area contributed by atoms with E-state index in [2.05, 4.69) is 4.98 Å². The Morgan fingerprint density at radius 3 is 3.29 bits per heavy atom. The zero-order valence-electron chi connectivity index (χ0n) is 10.1. The van der Waals surface area contributed by atoms with Gasteiger partial charge in [-0.1, -0.05) is 6.07 Å². The number of ether oxygens (including phenoxy) is 1. The number of ketones is 1. The number of methoxy groups -OCH3 is 1. The zero-order chi connectivity index (χ0) is 12.3.